The van der Waals surface area contributed by atoms with Gasteiger partial charge < -0.3 is 20.4 Å². The van der Waals surface area contributed by atoms with E-state index in [1.54, 1.807) is 19.3 Å². The number of aliphatic imine (C=N–C) groups is 1. The van der Waals surface area contributed by atoms with Crippen LogP contribution in [0.4, 0.5) is 0 Å². The summed E-state index contributed by atoms with van der Waals surface area (Å²) < 4.78 is 0. The Bertz CT molecular complexity index is 891. The van der Waals surface area contributed by atoms with Gasteiger partial charge in [0.15, 0.2) is 0 Å². The molecule has 1 aromatic rings. The molecule has 0 aromatic carbocycles. The van der Waals surface area contributed by atoms with Crippen LogP contribution in [0.25, 0.3) is 6.08 Å². The summed E-state index contributed by atoms with van der Waals surface area (Å²) in [7, 11) is 0. The smallest absolute Gasteiger partial charge is 0.352 e. The molecule has 1 amide bonds. The number of aliphatic carboxylic acids is 1. The van der Waals surface area contributed by atoms with E-state index in [0.717, 1.165) is 17.0 Å². The molecule has 4 heterocycles. The summed E-state index contributed by atoms with van der Waals surface area (Å²) in [6, 6.07) is 3.54. The van der Waals surface area contributed by atoms with Crippen molar-refractivity contribution in [3.05, 3.63) is 47.4 Å². The Morgan fingerprint density at radius 1 is 1.43 bits per heavy atom. The lowest BCUT2D eigenvalue weighted by Gasteiger charge is -2.44. The van der Waals surface area contributed by atoms with Crippen molar-refractivity contribution in [1.82, 2.24) is 15.2 Å². The molecule has 1 saturated heterocycles. The lowest BCUT2D eigenvalue weighted by Crippen LogP contribution is -2.61. The fourth-order valence-corrected chi connectivity index (χ4v) is 4.22. The number of aliphatic hydroxyl groups excluding tert-OH is 1. The molecule has 3 N–H and O–H groups in total. The van der Waals surface area contributed by atoms with Crippen LogP contribution in [0.15, 0.2) is 46.9 Å². The van der Waals surface area contributed by atoms with Gasteiger partial charge in [-0.1, -0.05) is 6.07 Å². The number of pyridine rings is 1. The van der Waals surface area contributed by atoms with Crippen LogP contribution in [0, 0.1) is 11.8 Å². The third-order valence-corrected chi connectivity index (χ3v) is 5.59. The Labute approximate surface area is 162 Å². The summed E-state index contributed by atoms with van der Waals surface area (Å²) in [6.45, 7) is 2.59. The first-order valence-corrected chi connectivity index (χ1v) is 9.31. The van der Waals surface area contributed by atoms with Crippen molar-refractivity contribution in [1.29, 1.82) is 0 Å². The van der Waals surface area contributed by atoms with Gasteiger partial charge >= 0.3 is 5.97 Å². The number of carbonyl (C=O) groups is 2. The second kappa shape index (κ2) is 7.20. The van der Waals surface area contributed by atoms with Gasteiger partial charge in [-0.3, -0.25) is 14.8 Å². The van der Waals surface area contributed by atoms with Crippen molar-refractivity contribution in [2.24, 2.45) is 16.8 Å². The van der Waals surface area contributed by atoms with Gasteiger partial charge in [0.2, 0.25) is 5.91 Å². The molecule has 4 rings (SSSR count). The highest BCUT2D eigenvalue weighted by atomic mass is 16.4. The number of carboxylic acids is 1. The molecule has 0 saturated carbocycles. The number of carboxylic acid groups (broad SMARTS) is 1. The number of amidine groups is 1. The first kappa shape index (κ1) is 18.4. The lowest BCUT2D eigenvalue weighted by molar-refractivity contribution is -0.161. The SMILES string of the molecule is C[C@@H](O)[C@H]1C(=O)N2C(C(=O)O)=C(C3CN=C(C=Cc4cccnc4)NC3)C[C@H]12. The average Bonchev–Trinajstić information content (AvgIpc) is 3.02. The largest absolute Gasteiger partial charge is 0.477 e. The summed E-state index contributed by atoms with van der Waals surface area (Å²) in [5, 5.41) is 22.7. The molecule has 28 heavy (non-hydrogen) atoms. The molecule has 0 bridgehead atoms. The molecule has 1 fully saturated rings. The van der Waals surface area contributed by atoms with Crippen LogP contribution in [0.5, 0.6) is 0 Å². The van der Waals surface area contributed by atoms with Gasteiger partial charge in [-0.2, -0.15) is 0 Å². The van der Waals surface area contributed by atoms with Gasteiger partial charge in [0.25, 0.3) is 0 Å². The van der Waals surface area contributed by atoms with Gasteiger partial charge in [0.05, 0.1) is 18.1 Å². The van der Waals surface area contributed by atoms with Gasteiger partial charge in [0.1, 0.15) is 11.5 Å². The molecule has 0 spiro atoms. The summed E-state index contributed by atoms with van der Waals surface area (Å²) in [4.78, 5) is 34.0. The number of nitrogens with zero attached hydrogens (tertiary/aromatic N) is 3. The zero-order valence-corrected chi connectivity index (χ0v) is 15.4. The fraction of sp³-hybridized carbons (Fsp3) is 0.400. The van der Waals surface area contributed by atoms with Gasteiger partial charge in [-0.25, -0.2) is 4.79 Å². The number of hydrogen-bond donors (Lipinski definition) is 3. The van der Waals surface area contributed by atoms with E-state index in [0.29, 0.717) is 19.5 Å². The molecule has 0 radical (unpaired) electrons. The molecule has 3 aliphatic heterocycles. The number of aliphatic hydroxyl groups is 1. The van der Waals surface area contributed by atoms with Crippen molar-refractivity contribution in [2.45, 2.75) is 25.5 Å². The van der Waals surface area contributed by atoms with Crippen LogP contribution in [-0.2, 0) is 9.59 Å². The summed E-state index contributed by atoms with van der Waals surface area (Å²) in [5.41, 5.74) is 1.77. The van der Waals surface area contributed by atoms with Gasteiger partial charge in [0, 0.05) is 31.4 Å². The second-order valence-corrected chi connectivity index (χ2v) is 7.35. The van der Waals surface area contributed by atoms with Crippen molar-refractivity contribution in [3.63, 3.8) is 0 Å². The van der Waals surface area contributed by atoms with Crippen LogP contribution >= 0.6 is 0 Å². The summed E-state index contributed by atoms with van der Waals surface area (Å²) in [6.07, 6.45) is 6.94. The number of fused-ring (bicyclic) bond motifs is 1. The Kier molecular flexibility index (Phi) is 4.72. The van der Waals surface area contributed by atoms with E-state index in [-0.39, 0.29) is 23.6 Å². The Hall–Kier alpha value is -3.00. The summed E-state index contributed by atoms with van der Waals surface area (Å²) in [5.74, 6) is -1.28. The van der Waals surface area contributed by atoms with Gasteiger partial charge in [-0.15, -0.1) is 0 Å². The average molecular weight is 382 g/mol. The fourth-order valence-electron chi connectivity index (χ4n) is 4.22. The highest BCUT2D eigenvalue weighted by Gasteiger charge is 2.57. The maximum absolute atomic E-state index is 12.3. The Morgan fingerprint density at radius 2 is 2.25 bits per heavy atom. The maximum Gasteiger partial charge on any atom is 0.352 e. The van der Waals surface area contributed by atoms with Crippen LogP contribution in [0.3, 0.4) is 0 Å². The number of carbonyl (C=O) groups excluding carboxylic acids is 1. The normalized spacial score (nSPS) is 27.9. The Balaban J connectivity index is 1.49. The second-order valence-electron chi connectivity index (χ2n) is 7.35. The standard InChI is InChI=1S/C20H22N4O4/c1-11(25)17-15-7-14(18(20(27)28)24(15)19(17)26)13-9-22-16(23-10-13)5-4-12-3-2-6-21-8-12/h2-6,8,11,13,15,17,25H,7,9-10H2,1H3,(H,22,23)(H,27,28)/t11-,15-,17-/m1/s1. The first-order valence-electron chi connectivity index (χ1n) is 9.31. The predicted molar refractivity (Wildman–Crippen MR) is 102 cm³/mol. The molecule has 146 valence electrons. The molecule has 1 unspecified atom stereocenters. The molecule has 8 nitrogen and oxygen atoms in total. The molecule has 3 aliphatic rings. The van der Waals surface area contributed by atoms with Crippen molar-refractivity contribution in [3.8, 4) is 0 Å². The minimum absolute atomic E-state index is 0.0725. The Morgan fingerprint density at radius 3 is 2.86 bits per heavy atom. The minimum Gasteiger partial charge on any atom is -0.477 e. The van der Waals surface area contributed by atoms with E-state index in [1.807, 2.05) is 24.3 Å². The highest BCUT2D eigenvalue weighted by Crippen LogP contribution is 2.45. The third-order valence-electron chi connectivity index (χ3n) is 5.59. The van der Waals surface area contributed by atoms with Gasteiger partial charge in [-0.05, 0) is 42.7 Å². The van der Waals surface area contributed by atoms with E-state index in [2.05, 4.69) is 15.3 Å². The molecule has 0 aliphatic carbocycles. The number of aromatic nitrogens is 1. The molecular weight excluding hydrogens is 360 g/mol. The minimum atomic E-state index is -1.10. The van der Waals surface area contributed by atoms with E-state index in [1.165, 1.54) is 4.90 Å². The predicted octanol–water partition coefficient (Wildman–Crippen LogP) is 0.663. The highest BCUT2D eigenvalue weighted by molar-refractivity contribution is 6.00. The lowest BCUT2D eigenvalue weighted by atomic mass is 9.82. The third kappa shape index (κ3) is 3.09. The van der Waals surface area contributed by atoms with Crippen molar-refractivity contribution < 1.29 is 19.8 Å². The topological polar surface area (TPSA) is 115 Å². The molecular formula is C20H22N4O4. The zero-order valence-electron chi connectivity index (χ0n) is 15.4. The molecule has 4 atom stereocenters. The number of nitrogens with one attached hydrogen (secondary N) is 1. The van der Waals surface area contributed by atoms with Crippen LogP contribution < -0.4 is 5.32 Å². The van der Waals surface area contributed by atoms with Crippen LogP contribution in [0.1, 0.15) is 18.9 Å². The van der Waals surface area contributed by atoms with Crippen molar-refractivity contribution in [2.75, 3.05) is 13.1 Å². The van der Waals surface area contributed by atoms with Crippen LogP contribution in [0.2, 0.25) is 0 Å². The number of rotatable bonds is 5. The van der Waals surface area contributed by atoms with E-state index in [9.17, 15) is 19.8 Å². The van der Waals surface area contributed by atoms with E-state index >= 15 is 0 Å². The van der Waals surface area contributed by atoms with E-state index < -0.39 is 18.0 Å². The number of β-lactam (4-membered cyclic amide) rings is 1. The molecule has 8 heteroatoms. The zero-order chi connectivity index (χ0) is 19.8. The van der Waals surface area contributed by atoms with Crippen LogP contribution in [-0.4, -0.2) is 63.0 Å². The number of hydrogen-bond acceptors (Lipinski definition) is 6. The van der Waals surface area contributed by atoms with Crippen molar-refractivity contribution >= 4 is 23.8 Å². The summed E-state index contributed by atoms with van der Waals surface area (Å²) >= 11 is 0. The molecule has 1 aromatic heterocycles. The maximum atomic E-state index is 12.3. The quantitative estimate of drug-likeness (QED) is 0.645. The van der Waals surface area contributed by atoms with E-state index in [4.69, 9.17) is 0 Å². The first-order chi connectivity index (χ1) is 13.5. The monoisotopic (exact) mass is 382 g/mol. The number of amides is 1.